The summed E-state index contributed by atoms with van der Waals surface area (Å²) in [5.41, 5.74) is -1.99. The van der Waals surface area contributed by atoms with Gasteiger partial charge in [-0.15, -0.1) is 0 Å². The van der Waals surface area contributed by atoms with Crippen molar-refractivity contribution >= 4 is 11.8 Å². The number of esters is 1. The topological polar surface area (TPSA) is 63.6 Å². The molecule has 0 saturated heterocycles. The van der Waals surface area contributed by atoms with Crippen LogP contribution >= 0.6 is 0 Å². The first-order valence-electron chi connectivity index (χ1n) is 3.33. The Morgan fingerprint density at radius 2 is 2.00 bits per heavy atom. The quantitative estimate of drug-likeness (QED) is 0.462. The monoisotopic (exact) mass is 160 g/mol. The molecule has 0 aromatic rings. The Morgan fingerprint density at radius 3 is 2.27 bits per heavy atom. The van der Waals surface area contributed by atoms with E-state index in [1.54, 1.807) is 6.92 Å². The Labute approximate surface area is 65.2 Å². The molecule has 0 aliphatic rings. The average molecular weight is 160 g/mol. The molecule has 0 radical (unpaired) electrons. The summed E-state index contributed by atoms with van der Waals surface area (Å²) in [5.74, 6) is -1.51. The van der Waals surface area contributed by atoms with E-state index >= 15 is 0 Å². The number of rotatable bonds is 3. The Bertz CT molecular complexity index is 171. The number of carbonyl (C=O) groups is 2. The van der Waals surface area contributed by atoms with Crippen LogP contribution in [0.25, 0.3) is 0 Å². The van der Waals surface area contributed by atoms with Crippen molar-refractivity contribution in [3.8, 4) is 0 Å². The van der Waals surface area contributed by atoms with Gasteiger partial charge in [0.15, 0.2) is 5.78 Å². The first-order valence-corrected chi connectivity index (χ1v) is 3.33. The number of Topliss-reactive ketones (excluding diaryl/α,β-unsaturated/α-hetero) is 1. The van der Waals surface area contributed by atoms with E-state index in [0.29, 0.717) is 0 Å². The normalized spacial score (nSPS) is 15.3. The number of hydrogen-bond acceptors (Lipinski definition) is 4. The van der Waals surface area contributed by atoms with Gasteiger partial charge in [0.05, 0.1) is 6.61 Å². The van der Waals surface area contributed by atoms with E-state index in [0.717, 1.165) is 13.8 Å². The van der Waals surface area contributed by atoms with Gasteiger partial charge in [-0.1, -0.05) is 0 Å². The smallest absolute Gasteiger partial charge is 0.345 e. The molecule has 1 N–H and O–H groups in total. The van der Waals surface area contributed by atoms with Gasteiger partial charge in [0.2, 0.25) is 5.60 Å². The lowest BCUT2D eigenvalue weighted by molar-refractivity contribution is -0.167. The van der Waals surface area contributed by atoms with Crippen molar-refractivity contribution in [2.45, 2.75) is 26.4 Å². The molecule has 1 atom stereocenters. The molecule has 0 rings (SSSR count). The van der Waals surface area contributed by atoms with Gasteiger partial charge in [0.25, 0.3) is 0 Å². The molecule has 0 spiro atoms. The van der Waals surface area contributed by atoms with Gasteiger partial charge in [-0.25, -0.2) is 4.79 Å². The Kier molecular flexibility index (Phi) is 3.19. The highest BCUT2D eigenvalue weighted by Crippen LogP contribution is 2.06. The third kappa shape index (κ3) is 2.31. The van der Waals surface area contributed by atoms with Crippen LogP contribution in [0.15, 0.2) is 0 Å². The fraction of sp³-hybridized carbons (Fsp3) is 0.714. The Morgan fingerprint density at radius 1 is 1.55 bits per heavy atom. The second-order valence-electron chi connectivity index (χ2n) is 2.35. The molecule has 0 aromatic carbocycles. The third-order valence-electron chi connectivity index (χ3n) is 1.36. The number of aliphatic hydroxyl groups is 1. The van der Waals surface area contributed by atoms with Crippen LogP contribution in [-0.4, -0.2) is 29.1 Å². The van der Waals surface area contributed by atoms with E-state index in [1.807, 2.05) is 0 Å². The standard InChI is InChI=1S/C7H12O4/c1-4-11-6(9)7(3,10)5(2)8/h10H,4H2,1-3H3/t7-/m0/s1. The number of ketones is 1. The number of carbonyl (C=O) groups excluding carboxylic acids is 2. The predicted molar refractivity (Wildman–Crippen MR) is 37.9 cm³/mol. The molecule has 4 nitrogen and oxygen atoms in total. The maximum Gasteiger partial charge on any atom is 0.345 e. The minimum atomic E-state index is -1.99. The first-order chi connectivity index (χ1) is 4.92. The van der Waals surface area contributed by atoms with E-state index in [-0.39, 0.29) is 6.61 Å². The SMILES string of the molecule is CCOC(=O)[C@@](C)(O)C(C)=O. The molecule has 11 heavy (non-hydrogen) atoms. The van der Waals surface area contributed by atoms with Gasteiger partial charge in [0.1, 0.15) is 0 Å². The zero-order valence-electron chi connectivity index (χ0n) is 6.88. The highest BCUT2D eigenvalue weighted by atomic mass is 16.5. The molecular weight excluding hydrogens is 148 g/mol. The summed E-state index contributed by atoms with van der Waals surface area (Å²) in [6, 6.07) is 0. The maximum absolute atomic E-state index is 10.8. The van der Waals surface area contributed by atoms with Gasteiger partial charge in [0, 0.05) is 0 Å². The zero-order chi connectivity index (χ0) is 9.07. The Balaban J connectivity index is 4.30. The van der Waals surface area contributed by atoms with Crippen molar-refractivity contribution in [3.05, 3.63) is 0 Å². The number of hydrogen-bond donors (Lipinski definition) is 1. The summed E-state index contributed by atoms with van der Waals surface area (Å²) in [7, 11) is 0. The summed E-state index contributed by atoms with van der Waals surface area (Å²) in [4.78, 5) is 21.4. The first kappa shape index (κ1) is 10.1. The fourth-order valence-corrected chi connectivity index (χ4v) is 0.415. The molecule has 4 heteroatoms. The summed E-state index contributed by atoms with van der Waals surface area (Å²) in [5, 5.41) is 9.17. The predicted octanol–water partition coefficient (Wildman–Crippen LogP) is -0.111. The molecule has 0 amide bonds. The van der Waals surface area contributed by atoms with Gasteiger partial charge < -0.3 is 9.84 Å². The second-order valence-corrected chi connectivity index (χ2v) is 2.35. The van der Waals surface area contributed by atoms with Crippen molar-refractivity contribution < 1.29 is 19.4 Å². The largest absolute Gasteiger partial charge is 0.464 e. The van der Waals surface area contributed by atoms with Gasteiger partial charge in [-0.05, 0) is 20.8 Å². The molecular formula is C7H12O4. The highest BCUT2D eigenvalue weighted by molar-refractivity contribution is 6.05. The third-order valence-corrected chi connectivity index (χ3v) is 1.36. The molecule has 0 heterocycles. The second kappa shape index (κ2) is 3.48. The average Bonchev–Trinajstić information content (AvgIpc) is 1.88. The highest BCUT2D eigenvalue weighted by Gasteiger charge is 2.36. The van der Waals surface area contributed by atoms with E-state index in [1.165, 1.54) is 0 Å². The molecule has 0 aliphatic carbocycles. The lowest BCUT2D eigenvalue weighted by atomic mass is 10.0. The molecule has 0 fully saturated rings. The molecule has 0 aliphatic heterocycles. The van der Waals surface area contributed by atoms with Crippen molar-refractivity contribution in [2.24, 2.45) is 0 Å². The van der Waals surface area contributed by atoms with Crippen molar-refractivity contribution in [1.82, 2.24) is 0 Å². The van der Waals surface area contributed by atoms with Crippen LogP contribution in [0.3, 0.4) is 0 Å². The lowest BCUT2D eigenvalue weighted by Gasteiger charge is -2.16. The summed E-state index contributed by atoms with van der Waals surface area (Å²) in [6.07, 6.45) is 0. The fourth-order valence-electron chi connectivity index (χ4n) is 0.415. The van der Waals surface area contributed by atoms with Gasteiger partial charge in [-0.2, -0.15) is 0 Å². The summed E-state index contributed by atoms with van der Waals surface area (Å²) in [6.45, 7) is 4.01. The van der Waals surface area contributed by atoms with Crippen LogP contribution in [0.1, 0.15) is 20.8 Å². The molecule has 0 unspecified atom stereocenters. The van der Waals surface area contributed by atoms with E-state index in [2.05, 4.69) is 4.74 Å². The van der Waals surface area contributed by atoms with E-state index < -0.39 is 17.4 Å². The molecule has 0 aromatic heterocycles. The van der Waals surface area contributed by atoms with Crippen molar-refractivity contribution in [1.29, 1.82) is 0 Å². The van der Waals surface area contributed by atoms with E-state index in [9.17, 15) is 9.59 Å². The van der Waals surface area contributed by atoms with Crippen LogP contribution in [-0.2, 0) is 14.3 Å². The summed E-state index contributed by atoms with van der Waals surface area (Å²) < 4.78 is 4.46. The van der Waals surface area contributed by atoms with Crippen LogP contribution in [0.5, 0.6) is 0 Å². The zero-order valence-corrected chi connectivity index (χ0v) is 6.88. The molecule has 64 valence electrons. The van der Waals surface area contributed by atoms with E-state index in [4.69, 9.17) is 5.11 Å². The van der Waals surface area contributed by atoms with Gasteiger partial charge in [-0.3, -0.25) is 4.79 Å². The van der Waals surface area contributed by atoms with Crippen LogP contribution in [0.4, 0.5) is 0 Å². The van der Waals surface area contributed by atoms with Crippen molar-refractivity contribution in [3.63, 3.8) is 0 Å². The maximum atomic E-state index is 10.8. The van der Waals surface area contributed by atoms with Crippen LogP contribution in [0.2, 0.25) is 0 Å². The van der Waals surface area contributed by atoms with Crippen LogP contribution in [0, 0.1) is 0 Å². The lowest BCUT2D eigenvalue weighted by Crippen LogP contribution is -2.43. The minimum Gasteiger partial charge on any atom is -0.464 e. The summed E-state index contributed by atoms with van der Waals surface area (Å²) >= 11 is 0. The van der Waals surface area contributed by atoms with Crippen LogP contribution < -0.4 is 0 Å². The molecule has 0 bridgehead atoms. The van der Waals surface area contributed by atoms with Gasteiger partial charge >= 0.3 is 5.97 Å². The van der Waals surface area contributed by atoms with Crippen molar-refractivity contribution in [2.75, 3.05) is 6.61 Å². The molecule has 0 saturated carbocycles. The Hall–Kier alpha value is -0.900. The minimum absolute atomic E-state index is 0.155. The number of ether oxygens (including phenoxy) is 1.